The molecule has 0 aliphatic rings. The number of halogens is 2. The highest BCUT2D eigenvalue weighted by Gasteiger charge is 2.20. The van der Waals surface area contributed by atoms with Gasteiger partial charge in [0.1, 0.15) is 11.6 Å². The Kier molecular flexibility index (Phi) is 4.82. The van der Waals surface area contributed by atoms with Crippen LogP contribution in [-0.2, 0) is 6.42 Å². The average Bonchev–Trinajstić information content (AvgIpc) is 2.46. The Balaban J connectivity index is 2.41. The Hall–Kier alpha value is -2.05. The van der Waals surface area contributed by atoms with Gasteiger partial charge in [-0.3, -0.25) is 0 Å². The molecule has 2 nitrogen and oxygen atoms in total. The van der Waals surface area contributed by atoms with Crippen LogP contribution in [0.15, 0.2) is 36.4 Å². The maximum absolute atomic E-state index is 14.0. The van der Waals surface area contributed by atoms with E-state index in [-0.39, 0.29) is 10.6 Å². The maximum Gasteiger partial charge on any atom is 0.129 e. The summed E-state index contributed by atoms with van der Waals surface area (Å²) in [5.41, 5.74) is 2.16. The lowest BCUT2D eigenvalue weighted by atomic mass is 9.91. The zero-order valence-corrected chi connectivity index (χ0v) is 12.6. The van der Waals surface area contributed by atoms with Gasteiger partial charge in [0.2, 0.25) is 0 Å². The molecule has 0 saturated carbocycles. The van der Waals surface area contributed by atoms with Crippen LogP contribution in [0.5, 0.6) is 5.75 Å². The maximum atomic E-state index is 14.0. The van der Waals surface area contributed by atoms with Gasteiger partial charge in [0.15, 0.2) is 0 Å². The highest BCUT2D eigenvalue weighted by Crippen LogP contribution is 2.32. The van der Waals surface area contributed by atoms with Crippen molar-refractivity contribution in [1.82, 2.24) is 0 Å². The monoisotopic (exact) mass is 303 g/mol. The topological polar surface area (TPSA) is 33.0 Å². The molecule has 0 fully saturated rings. The zero-order chi connectivity index (χ0) is 15.4. The third kappa shape index (κ3) is 3.34. The zero-order valence-electron chi connectivity index (χ0n) is 11.9. The van der Waals surface area contributed by atoms with Crippen molar-refractivity contribution >= 4 is 11.6 Å². The SMILES string of the molecule is COc1ccc(C)cc1CC(C#N)c1c(F)cccc1Cl. The summed E-state index contributed by atoms with van der Waals surface area (Å²) in [6, 6.07) is 12.3. The van der Waals surface area contributed by atoms with Crippen LogP contribution in [0.3, 0.4) is 0 Å². The van der Waals surface area contributed by atoms with E-state index < -0.39 is 11.7 Å². The van der Waals surface area contributed by atoms with Gasteiger partial charge in [-0.05, 0) is 37.1 Å². The Morgan fingerprint density at radius 1 is 1.33 bits per heavy atom. The van der Waals surface area contributed by atoms with Crippen molar-refractivity contribution in [2.45, 2.75) is 19.3 Å². The van der Waals surface area contributed by atoms with Crippen LogP contribution >= 0.6 is 11.6 Å². The van der Waals surface area contributed by atoms with Crippen LogP contribution in [0.25, 0.3) is 0 Å². The summed E-state index contributed by atoms with van der Waals surface area (Å²) in [5, 5.41) is 9.68. The van der Waals surface area contributed by atoms with Crippen molar-refractivity contribution in [1.29, 1.82) is 5.26 Å². The van der Waals surface area contributed by atoms with E-state index in [1.807, 2.05) is 25.1 Å². The number of nitrogens with zero attached hydrogens (tertiary/aromatic N) is 1. The van der Waals surface area contributed by atoms with Crippen LogP contribution in [0.1, 0.15) is 22.6 Å². The van der Waals surface area contributed by atoms with E-state index in [0.29, 0.717) is 12.2 Å². The molecule has 1 unspecified atom stereocenters. The van der Waals surface area contributed by atoms with Gasteiger partial charge in [-0.2, -0.15) is 5.26 Å². The van der Waals surface area contributed by atoms with E-state index in [1.54, 1.807) is 13.2 Å². The summed E-state index contributed by atoms with van der Waals surface area (Å²) in [5.74, 6) is -0.427. The van der Waals surface area contributed by atoms with Crippen molar-refractivity contribution in [2.75, 3.05) is 7.11 Å². The van der Waals surface area contributed by atoms with Crippen LogP contribution in [-0.4, -0.2) is 7.11 Å². The first-order valence-corrected chi connectivity index (χ1v) is 6.91. The van der Waals surface area contributed by atoms with Crippen molar-refractivity contribution < 1.29 is 9.13 Å². The third-order valence-electron chi connectivity index (χ3n) is 3.36. The molecule has 0 saturated heterocycles. The highest BCUT2D eigenvalue weighted by molar-refractivity contribution is 6.31. The summed E-state index contributed by atoms with van der Waals surface area (Å²) in [4.78, 5) is 0. The molecule has 0 aliphatic carbocycles. The average molecular weight is 304 g/mol. The molecule has 0 aromatic heterocycles. The Labute approximate surface area is 128 Å². The lowest BCUT2D eigenvalue weighted by Crippen LogP contribution is -2.05. The van der Waals surface area contributed by atoms with Gasteiger partial charge >= 0.3 is 0 Å². The fraction of sp³-hybridized carbons (Fsp3) is 0.235. The third-order valence-corrected chi connectivity index (χ3v) is 3.69. The molecule has 2 aromatic carbocycles. The highest BCUT2D eigenvalue weighted by atomic mass is 35.5. The standard InChI is InChI=1S/C17H15ClFNO/c1-11-6-7-16(21-2)12(8-11)9-13(10-20)17-14(18)4-3-5-15(17)19/h3-8,13H,9H2,1-2H3. The van der Waals surface area contributed by atoms with Crippen molar-refractivity contribution in [2.24, 2.45) is 0 Å². The summed E-state index contributed by atoms with van der Waals surface area (Å²) < 4.78 is 19.3. The molecule has 0 N–H and O–H groups in total. The van der Waals surface area contributed by atoms with E-state index in [1.165, 1.54) is 12.1 Å². The molecule has 2 aromatic rings. The summed E-state index contributed by atoms with van der Waals surface area (Å²) >= 11 is 6.05. The van der Waals surface area contributed by atoms with E-state index in [4.69, 9.17) is 16.3 Å². The molecule has 0 bridgehead atoms. The first-order chi connectivity index (χ1) is 10.1. The van der Waals surface area contributed by atoms with Gasteiger partial charge in [0.05, 0.1) is 19.1 Å². The first kappa shape index (κ1) is 15.3. The molecule has 1 atom stereocenters. The van der Waals surface area contributed by atoms with Gasteiger partial charge < -0.3 is 4.74 Å². The lowest BCUT2D eigenvalue weighted by Gasteiger charge is -2.15. The number of nitriles is 1. The summed E-state index contributed by atoms with van der Waals surface area (Å²) in [6.07, 6.45) is 0.349. The summed E-state index contributed by atoms with van der Waals surface area (Å²) in [7, 11) is 1.58. The van der Waals surface area contributed by atoms with E-state index in [9.17, 15) is 9.65 Å². The van der Waals surface area contributed by atoms with E-state index in [0.717, 1.165) is 11.1 Å². The first-order valence-electron chi connectivity index (χ1n) is 6.54. The fourth-order valence-electron chi connectivity index (χ4n) is 2.34. The summed E-state index contributed by atoms with van der Waals surface area (Å²) in [6.45, 7) is 1.96. The van der Waals surface area contributed by atoms with Gasteiger partial charge in [-0.25, -0.2) is 4.39 Å². The van der Waals surface area contributed by atoms with Gasteiger partial charge in [0, 0.05) is 10.6 Å². The Morgan fingerprint density at radius 2 is 2.10 bits per heavy atom. The molecular formula is C17H15ClFNO. The number of hydrogen-bond donors (Lipinski definition) is 0. The lowest BCUT2D eigenvalue weighted by molar-refractivity contribution is 0.408. The van der Waals surface area contributed by atoms with Crippen molar-refractivity contribution in [3.8, 4) is 11.8 Å². The minimum atomic E-state index is -0.658. The van der Waals surface area contributed by atoms with E-state index >= 15 is 0 Å². The van der Waals surface area contributed by atoms with Crippen LogP contribution in [0.4, 0.5) is 4.39 Å². The van der Waals surface area contributed by atoms with Gasteiger partial charge in [0.25, 0.3) is 0 Å². The fourth-order valence-corrected chi connectivity index (χ4v) is 2.64. The molecule has 21 heavy (non-hydrogen) atoms. The minimum absolute atomic E-state index is 0.241. The van der Waals surface area contributed by atoms with Crippen LogP contribution in [0, 0.1) is 24.1 Å². The predicted molar refractivity (Wildman–Crippen MR) is 81.2 cm³/mol. The largest absolute Gasteiger partial charge is 0.496 e. The van der Waals surface area contributed by atoms with Gasteiger partial charge in [-0.1, -0.05) is 35.4 Å². The minimum Gasteiger partial charge on any atom is -0.496 e. The van der Waals surface area contributed by atoms with E-state index in [2.05, 4.69) is 6.07 Å². The second-order valence-electron chi connectivity index (χ2n) is 4.84. The molecule has 4 heteroatoms. The Bertz CT molecular complexity index is 673. The molecular weight excluding hydrogens is 289 g/mol. The Morgan fingerprint density at radius 3 is 2.71 bits per heavy atom. The second kappa shape index (κ2) is 6.60. The predicted octanol–water partition coefficient (Wildman–Crippen LogP) is 4.65. The van der Waals surface area contributed by atoms with Crippen LogP contribution < -0.4 is 4.74 Å². The molecule has 0 amide bonds. The molecule has 108 valence electrons. The quantitative estimate of drug-likeness (QED) is 0.824. The number of benzene rings is 2. The molecule has 0 spiro atoms. The molecule has 0 heterocycles. The van der Waals surface area contributed by atoms with Crippen molar-refractivity contribution in [3.05, 3.63) is 63.9 Å². The number of methoxy groups -OCH3 is 1. The molecule has 0 aliphatic heterocycles. The normalized spacial score (nSPS) is 11.8. The number of hydrogen-bond acceptors (Lipinski definition) is 2. The number of rotatable bonds is 4. The number of aryl methyl sites for hydroxylation is 1. The second-order valence-corrected chi connectivity index (χ2v) is 5.24. The molecule has 0 radical (unpaired) electrons. The molecule has 2 rings (SSSR count). The van der Waals surface area contributed by atoms with Crippen molar-refractivity contribution in [3.63, 3.8) is 0 Å². The number of ether oxygens (including phenoxy) is 1. The van der Waals surface area contributed by atoms with Gasteiger partial charge in [-0.15, -0.1) is 0 Å². The van der Waals surface area contributed by atoms with Crippen LogP contribution in [0.2, 0.25) is 5.02 Å². The smallest absolute Gasteiger partial charge is 0.129 e.